The van der Waals surface area contributed by atoms with Gasteiger partial charge >= 0.3 is 0 Å². The van der Waals surface area contributed by atoms with E-state index in [-0.39, 0.29) is 18.0 Å². The summed E-state index contributed by atoms with van der Waals surface area (Å²) >= 11 is 0. The molecule has 0 bridgehead atoms. The Morgan fingerprint density at radius 2 is 2.11 bits per heavy atom. The van der Waals surface area contributed by atoms with Crippen LogP contribution in [0.4, 0.5) is 4.39 Å². The third kappa shape index (κ3) is 4.12. The number of hydrogen-bond acceptors (Lipinski definition) is 5. The van der Waals surface area contributed by atoms with Crippen LogP contribution in [0.15, 0.2) is 42.5 Å². The summed E-state index contributed by atoms with van der Waals surface area (Å²) in [6.07, 6.45) is 2.44. The van der Waals surface area contributed by atoms with E-state index >= 15 is 0 Å². The van der Waals surface area contributed by atoms with Gasteiger partial charge < -0.3 is 4.74 Å². The summed E-state index contributed by atoms with van der Waals surface area (Å²) in [6, 6.07) is 11.5. The Bertz CT molecular complexity index is 936. The van der Waals surface area contributed by atoms with Crippen molar-refractivity contribution in [2.45, 2.75) is 32.1 Å². The van der Waals surface area contributed by atoms with Gasteiger partial charge in [-0.15, -0.1) is 5.10 Å². The Kier molecular flexibility index (Phi) is 5.08. The summed E-state index contributed by atoms with van der Waals surface area (Å²) in [7, 11) is 0. The van der Waals surface area contributed by atoms with Crippen LogP contribution in [0, 0.1) is 5.82 Å². The fourth-order valence-corrected chi connectivity index (χ4v) is 2.98. The first kappa shape index (κ1) is 17.6. The molecule has 0 spiro atoms. The number of nitrogens with zero attached hydrogens (tertiary/aromatic N) is 3. The third-order valence-corrected chi connectivity index (χ3v) is 4.45. The van der Waals surface area contributed by atoms with E-state index in [2.05, 4.69) is 15.8 Å². The number of hydroxylamine groups is 1. The monoisotopic (exact) mass is 370 g/mol. The van der Waals surface area contributed by atoms with E-state index in [1.54, 1.807) is 22.9 Å². The van der Waals surface area contributed by atoms with E-state index < -0.39 is 0 Å². The summed E-state index contributed by atoms with van der Waals surface area (Å²) in [5, 5.41) is 8.03. The number of amides is 1. The Morgan fingerprint density at radius 3 is 2.89 bits per heavy atom. The zero-order valence-corrected chi connectivity index (χ0v) is 14.6. The molecule has 1 atom stereocenters. The van der Waals surface area contributed by atoms with Gasteiger partial charge in [-0.2, -0.15) is 0 Å². The summed E-state index contributed by atoms with van der Waals surface area (Å²) in [5.41, 5.74) is 5.12. The second-order valence-electron chi connectivity index (χ2n) is 6.42. The van der Waals surface area contributed by atoms with Crippen molar-refractivity contribution in [2.24, 2.45) is 0 Å². The van der Waals surface area contributed by atoms with Crippen molar-refractivity contribution in [3.05, 3.63) is 59.4 Å². The topological polar surface area (TPSA) is 78.3 Å². The van der Waals surface area contributed by atoms with Crippen LogP contribution in [-0.4, -0.2) is 33.8 Å². The van der Waals surface area contributed by atoms with Crippen molar-refractivity contribution in [1.82, 2.24) is 20.5 Å². The molecule has 7 nitrogen and oxygen atoms in total. The first-order valence-electron chi connectivity index (χ1n) is 8.84. The van der Waals surface area contributed by atoms with Crippen molar-refractivity contribution < 1.29 is 18.8 Å². The summed E-state index contributed by atoms with van der Waals surface area (Å²) in [4.78, 5) is 17.5. The Labute approximate surface area is 155 Å². The van der Waals surface area contributed by atoms with Gasteiger partial charge in [-0.1, -0.05) is 17.3 Å². The zero-order chi connectivity index (χ0) is 18.6. The molecule has 0 saturated carbocycles. The number of carbonyl (C=O) groups is 1. The van der Waals surface area contributed by atoms with Gasteiger partial charge in [-0.25, -0.2) is 19.4 Å². The lowest BCUT2D eigenvalue weighted by atomic mass is 10.1. The maximum atomic E-state index is 13.2. The lowest BCUT2D eigenvalue weighted by Crippen LogP contribution is -2.33. The van der Waals surface area contributed by atoms with Crippen molar-refractivity contribution >= 4 is 16.9 Å². The molecule has 4 rings (SSSR count). The van der Waals surface area contributed by atoms with Crippen LogP contribution in [0.2, 0.25) is 0 Å². The van der Waals surface area contributed by atoms with Crippen LogP contribution in [0.5, 0.6) is 0 Å². The molecule has 3 aromatic rings. The Hall–Kier alpha value is -2.84. The number of halogens is 1. The van der Waals surface area contributed by atoms with E-state index in [0.717, 1.165) is 30.3 Å². The van der Waals surface area contributed by atoms with Crippen LogP contribution < -0.4 is 5.48 Å². The molecule has 8 heteroatoms. The van der Waals surface area contributed by atoms with Crippen LogP contribution in [0.3, 0.4) is 0 Å². The van der Waals surface area contributed by atoms with Crippen LogP contribution >= 0.6 is 0 Å². The minimum atomic E-state index is -0.382. The number of carbonyl (C=O) groups excluding carboxylic acids is 1. The number of fused-ring (bicyclic) bond motifs is 1. The van der Waals surface area contributed by atoms with Gasteiger partial charge in [-0.05, 0) is 42.7 Å². The van der Waals surface area contributed by atoms with Crippen molar-refractivity contribution in [3.63, 3.8) is 0 Å². The molecule has 0 aliphatic carbocycles. The fourth-order valence-electron chi connectivity index (χ4n) is 2.98. The standard InChI is InChI=1S/C19H19FN4O3/c20-15-8-9-17-16(11-15)21-23-24(17)12-13-4-6-14(7-5-13)19(25)22-27-18-3-1-2-10-26-18/h4-9,11,18H,1-3,10,12H2,(H,22,25). The highest BCUT2D eigenvalue weighted by Crippen LogP contribution is 2.15. The second kappa shape index (κ2) is 7.81. The summed E-state index contributed by atoms with van der Waals surface area (Å²) in [5.74, 6) is -0.664. The molecular formula is C19H19FN4O3. The van der Waals surface area contributed by atoms with Gasteiger partial charge in [0.2, 0.25) is 0 Å². The SMILES string of the molecule is O=C(NOC1CCCCO1)c1ccc(Cn2nnc3cc(F)ccc32)cc1. The second-order valence-corrected chi connectivity index (χ2v) is 6.42. The molecule has 1 fully saturated rings. The Balaban J connectivity index is 1.38. The predicted octanol–water partition coefficient (Wildman–Crippen LogP) is 2.81. The van der Waals surface area contributed by atoms with Gasteiger partial charge in [0, 0.05) is 24.7 Å². The highest BCUT2D eigenvalue weighted by molar-refractivity contribution is 5.93. The van der Waals surface area contributed by atoms with Gasteiger partial charge in [-0.3, -0.25) is 4.79 Å². The lowest BCUT2D eigenvalue weighted by molar-refractivity contribution is -0.186. The largest absolute Gasteiger partial charge is 0.350 e. The number of hydrogen-bond donors (Lipinski definition) is 1. The average molecular weight is 370 g/mol. The molecule has 1 N–H and O–H groups in total. The number of nitrogens with one attached hydrogen (secondary N) is 1. The molecule has 140 valence electrons. The average Bonchev–Trinajstić information content (AvgIpc) is 3.09. The minimum absolute atomic E-state index is 0.322. The molecule has 2 aromatic carbocycles. The van der Waals surface area contributed by atoms with Gasteiger partial charge in [0.25, 0.3) is 5.91 Å². The molecule has 1 saturated heterocycles. The van der Waals surface area contributed by atoms with Gasteiger partial charge in [0.15, 0.2) is 6.29 Å². The molecule has 2 heterocycles. The molecule has 27 heavy (non-hydrogen) atoms. The van der Waals surface area contributed by atoms with E-state index in [1.807, 2.05) is 12.1 Å². The van der Waals surface area contributed by atoms with Crippen molar-refractivity contribution in [1.29, 1.82) is 0 Å². The summed E-state index contributed by atoms with van der Waals surface area (Å²) < 4.78 is 20.3. The fraction of sp³-hybridized carbons (Fsp3) is 0.316. The third-order valence-electron chi connectivity index (χ3n) is 4.45. The lowest BCUT2D eigenvalue weighted by Gasteiger charge is -2.22. The summed E-state index contributed by atoms with van der Waals surface area (Å²) in [6.45, 7) is 1.12. The van der Waals surface area contributed by atoms with Crippen molar-refractivity contribution in [2.75, 3.05) is 6.61 Å². The maximum absolute atomic E-state index is 13.2. The van der Waals surface area contributed by atoms with E-state index in [1.165, 1.54) is 12.1 Å². The zero-order valence-electron chi connectivity index (χ0n) is 14.6. The van der Waals surface area contributed by atoms with E-state index in [0.29, 0.717) is 24.2 Å². The molecule has 1 unspecified atom stereocenters. The highest BCUT2D eigenvalue weighted by Gasteiger charge is 2.16. The normalized spacial score (nSPS) is 17.1. The molecule has 1 aromatic heterocycles. The maximum Gasteiger partial charge on any atom is 0.274 e. The van der Waals surface area contributed by atoms with E-state index in [4.69, 9.17) is 9.57 Å². The quantitative estimate of drug-likeness (QED) is 0.699. The van der Waals surface area contributed by atoms with Crippen molar-refractivity contribution in [3.8, 4) is 0 Å². The highest BCUT2D eigenvalue weighted by atomic mass is 19.1. The number of aromatic nitrogens is 3. The molecule has 1 aliphatic heterocycles. The number of benzene rings is 2. The molecule has 1 aliphatic rings. The number of ether oxygens (including phenoxy) is 1. The number of rotatable bonds is 5. The van der Waals surface area contributed by atoms with Crippen LogP contribution in [0.1, 0.15) is 35.2 Å². The molecule has 1 amide bonds. The van der Waals surface area contributed by atoms with Crippen LogP contribution in [-0.2, 0) is 16.1 Å². The molecular weight excluding hydrogens is 351 g/mol. The van der Waals surface area contributed by atoms with Gasteiger partial charge in [0.05, 0.1) is 12.1 Å². The molecule has 0 radical (unpaired) electrons. The predicted molar refractivity (Wildman–Crippen MR) is 95.2 cm³/mol. The first-order chi connectivity index (χ1) is 13.2. The first-order valence-corrected chi connectivity index (χ1v) is 8.84. The smallest absolute Gasteiger partial charge is 0.274 e. The minimum Gasteiger partial charge on any atom is -0.350 e. The van der Waals surface area contributed by atoms with Crippen LogP contribution in [0.25, 0.3) is 11.0 Å². The Morgan fingerprint density at radius 1 is 1.26 bits per heavy atom. The van der Waals surface area contributed by atoms with E-state index in [9.17, 15) is 9.18 Å². The van der Waals surface area contributed by atoms with Gasteiger partial charge in [0.1, 0.15) is 11.3 Å².